The van der Waals surface area contributed by atoms with Gasteiger partial charge in [0, 0.05) is 50.7 Å². The molecule has 0 saturated heterocycles. The minimum Gasteiger partial charge on any atom is -0.497 e. The summed E-state index contributed by atoms with van der Waals surface area (Å²) in [6.45, 7) is 0. The summed E-state index contributed by atoms with van der Waals surface area (Å²) in [5.74, 6) is -2.45. The summed E-state index contributed by atoms with van der Waals surface area (Å²) >= 11 is 0. The first-order valence-electron chi connectivity index (χ1n) is 3.57. The van der Waals surface area contributed by atoms with E-state index in [0.29, 0.717) is 0 Å². The van der Waals surface area contributed by atoms with Crippen LogP contribution in [0.25, 0.3) is 0 Å². The van der Waals surface area contributed by atoms with Gasteiger partial charge in [0.05, 0.1) is 7.11 Å². The summed E-state index contributed by atoms with van der Waals surface area (Å²) < 4.78 is 4.73. The molecule has 83 valence electrons. The van der Waals surface area contributed by atoms with Crippen LogP contribution in [0.1, 0.15) is 21.0 Å². The number of carbonyl (C=O) groups is 2. The van der Waals surface area contributed by atoms with Crippen molar-refractivity contribution in [2.45, 2.75) is 0 Å². The second kappa shape index (κ2) is 5.91. The molecule has 0 fully saturated rings. The smallest absolute Gasteiger partial charge is 0.354 e. The van der Waals surface area contributed by atoms with E-state index in [1.54, 1.807) is 0 Å². The minimum atomic E-state index is -1.30. The first-order chi connectivity index (χ1) is 6.54. The van der Waals surface area contributed by atoms with Crippen molar-refractivity contribution in [1.29, 1.82) is 0 Å². The number of methoxy groups -OCH3 is 1. The molecule has 1 aromatic rings. The molecule has 0 saturated carbocycles. The van der Waals surface area contributed by atoms with Gasteiger partial charge in [-0.1, -0.05) is 0 Å². The summed E-state index contributed by atoms with van der Waals surface area (Å²) in [6, 6.07) is 2.30. The second-order valence-electron chi connectivity index (χ2n) is 2.39. The number of hydrogen-bond acceptors (Lipinski definition) is 4. The zero-order valence-corrected chi connectivity index (χ0v) is 9.69. The number of carboxylic acid groups (broad SMARTS) is 2. The number of pyridine rings is 1. The number of ether oxygens (including phenoxy) is 1. The van der Waals surface area contributed by atoms with Crippen LogP contribution >= 0.6 is 0 Å². The number of aromatic carboxylic acids is 2. The Bertz CT molecular complexity index is 360. The molecule has 1 radical (unpaired) electrons. The number of aromatic nitrogens is 1. The largest absolute Gasteiger partial charge is 0.497 e. The molecule has 0 aliphatic heterocycles. The number of nitrogens with zero attached hydrogens (tertiary/aromatic N) is 1. The van der Waals surface area contributed by atoms with E-state index in [1.165, 1.54) is 7.11 Å². The van der Waals surface area contributed by atoms with Crippen molar-refractivity contribution in [3.05, 3.63) is 23.5 Å². The van der Waals surface area contributed by atoms with Gasteiger partial charge < -0.3 is 14.9 Å². The number of rotatable bonds is 3. The molecule has 0 bridgehead atoms. The molecule has 0 spiro atoms. The molecule has 2 N–H and O–H groups in total. The normalized spacial score (nSPS) is 8.87. The summed E-state index contributed by atoms with van der Waals surface area (Å²) in [4.78, 5) is 24.5. The molecule has 1 rings (SSSR count). The molecule has 7 heteroatoms. The first kappa shape index (κ1) is 14.2. The fraction of sp³-hybridized carbons (Fsp3) is 0.125. The van der Waals surface area contributed by atoms with Crippen LogP contribution in [0.5, 0.6) is 5.75 Å². The first-order valence-corrected chi connectivity index (χ1v) is 3.57. The summed E-state index contributed by atoms with van der Waals surface area (Å²) in [5.41, 5.74) is -0.719. The van der Waals surface area contributed by atoms with Gasteiger partial charge in [-0.25, -0.2) is 14.6 Å². The fourth-order valence-corrected chi connectivity index (χ4v) is 0.842. The van der Waals surface area contributed by atoms with Crippen molar-refractivity contribution >= 4 is 11.9 Å². The monoisotopic (exact) mass is 356 g/mol. The Balaban J connectivity index is 0.00000196. The third-order valence-corrected chi connectivity index (χ3v) is 1.47. The van der Waals surface area contributed by atoms with E-state index < -0.39 is 11.9 Å². The molecule has 6 nitrogen and oxygen atoms in total. The Kier molecular flexibility index (Phi) is 5.59. The average molecular weight is 356 g/mol. The van der Waals surface area contributed by atoms with Gasteiger partial charge >= 0.3 is 11.9 Å². The third-order valence-electron chi connectivity index (χ3n) is 1.47. The molecule has 0 unspecified atom stereocenters. The van der Waals surface area contributed by atoms with E-state index in [-0.39, 0.29) is 55.7 Å². The summed E-state index contributed by atoms with van der Waals surface area (Å²) in [7, 11) is 1.31. The molecule has 0 atom stereocenters. The standard InChI is InChI=1S/C8H7NO5.Tb/c1-14-4-2-5(7(10)11)9-6(3-4)8(12)13;/h2-3H,1H3,(H,10,11)(H,12,13);. The topological polar surface area (TPSA) is 96.7 Å². The van der Waals surface area contributed by atoms with Crippen LogP contribution in [0.4, 0.5) is 0 Å². The van der Waals surface area contributed by atoms with Gasteiger partial charge in [-0.3, -0.25) is 0 Å². The molecular formula is C8H7NO5Tb. The predicted molar refractivity (Wildman–Crippen MR) is 44.7 cm³/mol. The predicted octanol–water partition coefficient (Wildman–Crippen LogP) is 0.487. The Morgan fingerprint density at radius 2 is 1.60 bits per heavy atom. The van der Waals surface area contributed by atoms with Gasteiger partial charge in [-0.05, 0) is 0 Å². The Hall–Kier alpha value is -0.824. The van der Waals surface area contributed by atoms with E-state index in [9.17, 15) is 9.59 Å². The van der Waals surface area contributed by atoms with Crippen molar-refractivity contribution in [2.24, 2.45) is 0 Å². The van der Waals surface area contributed by atoms with Gasteiger partial charge in [0.1, 0.15) is 5.75 Å². The van der Waals surface area contributed by atoms with Gasteiger partial charge in [-0.15, -0.1) is 0 Å². The minimum absolute atomic E-state index is 0. The average Bonchev–Trinajstić information content (AvgIpc) is 2.16. The molecular weight excluding hydrogens is 349 g/mol. The van der Waals surface area contributed by atoms with Crippen molar-refractivity contribution < 1.29 is 63.2 Å². The number of hydrogen-bond donors (Lipinski definition) is 2. The van der Waals surface area contributed by atoms with Crippen molar-refractivity contribution in [1.82, 2.24) is 4.98 Å². The van der Waals surface area contributed by atoms with E-state index in [1.807, 2.05) is 0 Å². The Morgan fingerprint density at radius 1 is 1.20 bits per heavy atom. The Morgan fingerprint density at radius 3 is 1.87 bits per heavy atom. The maximum atomic E-state index is 10.5. The van der Waals surface area contributed by atoms with Gasteiger partial charge in [0.2, 0.25) is 0 Å². The van der Waals surface area contributed by atoms with Gasteiger partial charge in [0.25, 0.3) is 0 Å². The molecule has 0 aromatic carbocycles. The zero-order chi connectivity index (χ0) is 10.7. The zero-order valence-electron chi connectivity index (χ0n) is 7.55. The molecule has 1 heterocycles. The molecule has 0 amide bonds. The van der Waals surface area contributed by atoms with Crippen molar-refractivity contribution in [3.63, 3.8) is 0 Å². The van der Waals surface area contributed by atoms with E-state index >= 15 is 0 Å². The molecule has 0 aliphatic carbocycles. The Labute approximate surface area is 116 Å². The SMILES string of the molecule is COc1cc(C(=O)O)nc(C(=O)O)c1.[Tb]. The van der Waals surface area contributed by atoms with Crippen molar-refractivity contribution in [3.8, 4) is 5.75 Å². The van der Waals surface area contributed by atoms with Crippen LogP contribution in [0.15, 0.2) is 12.1 Å². The van der Waals surface area contributed by atoms with Crippen molar-refractivity contribution in [2.75, 3.05) is 7.11 Å². The second-order valence-corrected chi connectivity index (χ2v) is 2.39. The summed E-state index contributed by atoms with van der Waals surface area (Å²) in [6.07, 6.45) is 0. The maximum Gasteiger partial charge on any atom is 0.354 e. The van der Waals surface area contributed by atoms with E-state index in [0.717, 1.165) is 12.1 Å². The fourth-order valence-electron chi connectivity index (χ4n) is 0.842. The molecule has 15 heavy (non-hydrogen) atoms. The summed E-state index contributed by atoms with van der Waals surface area (Å²) in [5, 5.41) is 17.2. The van der Waals surface area contributed by atoms with Crippen LogP contribution in [-0.4, -0.2) is 34.2 Å². The van der Waals surface area contributed by atoms with Crippen LogP contribution in [0, 0.1) is 38.6 Å². The van der Waals surface area contributed by atoms with Gasteiger partial charge in [-0.2, -0.15) is 0 Å². The van der Waals surface area contributed by atoms with Crippen LogP contribution in [-0.2, 0) is 0 Å². The van der Waals surface area contributed by atoms with E-state index in [4.69, 9.17) is 14.9 Å². The van der Waals surface area contributed by atoms with Crippen LogP contribution in [0.3, 0.4) is 0 Å². The number of carboxylic acids is 2. The van der Waals surface area contributed by atoms with Crippen LogP contribution < -0.4 is 4.74 Å². The van der Waals surface area contributed by atoms with Crippen LogP contribution in [0.2, 0.25) is 0 Å². The molecule has 1 aromatic heterocycles. The molecule has 0 aliphatic rings. The van der Waals surface area contributed by atoms with E-state index in [2.05, 4.69) is 4.98 Å². The maximum absolute atomic E-state index is 10.5. The quantitative estimate of drug-likeness (QED) is 0.818. The van der Waals surface area contributed by atoms with Gasteiger partial charge in [0.15, 0.2) is 11.4 Å². The third kappa shape index (κ3) is 3.67.